The first-order valence-corrected chi connectivity index (χ1v) is 18.4. The molecule has 13 nitrogen and oxygen atoms in total. The van der Waals surface area contributed by atoms with Crippen molar-refractivity contribution in [2.24, 2.45) is 11.3 Å². The molecular formula is C41H50F2N6O7. The fraction of sp³-hybridized carbons (Fsp3) is 0.415. The summed E-state index contributed by atoms with van der Waals surface area (Å²) in [6, 6.07) is 11.7. The molecule has 0 saturated carbocycles. The third-order valence-corrected chi connectivity index (χ3v) is 9.33. The van der Waals surface area contributed by atoms with Gasteiger partial charge < -0.3 is 30.5 Å². The van der Waals surface area contributed by atoms with Crippen LogP contribution in [0.1, 0.15) is 65.3 Å². The standard InChI is InChI=1S/C41H50F2N6O7/c1-25(2)37(46-33(51)23-49-34(52)15-16-35(49)53)40(56)45-26(3)39(55)44-17-10-18-48(36(54)24-50)38(41(4,5)6)32-19-28(30-20-29(42)13-14-31(30)43)22-47(32)21-27-11-8-7-9-12-27/h7-9,11-16,19-20,22,25-26,37-38,50H,10,17-18,21,23-24H2,1-6H3,(H,44,55)(H,45,56)(H,46,51). The highest BCUT2D eigenvalue weighted by Crippen LogP contribution is 2.41. The van der Waals surface area contributed by atoms with E-state index in [1.807, 2.05) is 55.7 Å². The Labute approximate surface area is 325 Å². The molecule has 0 fully saturated rings. The fourth-order valence-electron chi connectivity index (χ4n) is 6.57. The quantitative estimate of drug-likeness (QED) is 0.120. The maximum absolute atomic E-state index is 15.0. The summed E-state index contributed by atoms with van der Waals surface area (Å²) in [5.74, 6) is -5.35. The van der Waals surface area contributed by atoms with E-state index in [9.17, 15) is 38.3 Å². The van der Waals surface area contributed by atoms with E-state index in [4.69, 9.17) is 0 Å². The van der Waals surface area contributed by atoms with E-state index in [-0.39, 0.29) is 25.1 Å². The molecule has 0 spiro atoms. The Balaban J connectivity index is 1.47. The molecule has 1 aliphatic heterocycles. The zero-order valence-corrected chi connectivity index (χ0v) is 32.5. The van der Waals surface area contributed by atoms with Crippen molar-refractivity contribution in [2.45, 2.75) is 72.6 Å². The van der Waals surface area contributed by atoms with Crippen LogP contribution in [0.2, 0.25) is 0 Å². The minimum Gasteiger partial charge on any atom is -0.387 e. The van der Waals surface area contributed by atoms with Crippen LogP contribution in [-0.2, 0) is 35.3 Å². The van der Waals surface area contributed by atoms with Crippen LogP contribution in [0, 0.1) is 23.0 Å². The van der Waals surface area contributed by atoms with Crippen LogP contribution < -0.4 is 16.0 Å². The Kier molecular flexibility index (Phi) is 14.4. The van der Waals surface area contributed by atoms with Crippen LogP contribution in [0.4, 0.5) is 8.78 Å². The van der Waals surface area contributed by atoms with Gasteiger partial charge in [-0.05, 0) is 54.5 Å². The first-order chi connectivity index (χ1) is 26.4. The average molecular weight is 777 g/mol. The largest absolute Gasteiger partial charge is 0.387 e. The average Bonchev–Trinajstić information content (AvgIpc) is 3.69. The summed E-state index contributed by atoms with van der Waals surface area (Å²) in [5, 5.41) is 18.0. The van der Waals surface area contributed by atoms with Crippen LogP contribution in [0.5, 0.6) is 0 Å². The first-order valence-electron chi connectivity index (χ1n) is 18.4. The third kappa shape index (κ3) is 11.0. The Morgan fingerprint density at radius 1 is 0.893 bits per heavy atom. The van der Waals surface area contributed by atoms with E-state index in [1.54, 1.807) is 26.1 Å². The van der Waals surface area contributed by atoms with Crippen molar-refractivity contribution in [3.05, 3.63) is 95.8 Å². The summed E-state index contributed by atoms with van der Waals surface area (Å²) in [6.45, 7) is 9.83. The van der Waals surface area contributed by atoms with Gasteiger partial charge in [0.1, 0.15) is 36.9 Å². The molecule has 56 heavy (non-hydrogen) atoms. The number of carbonyl (C=O) groups is 6. The predicted molar refractivity (Wildman–Crippen MR) is 204 cm³/mol. The maximum atomic E-state index is 15.0. The van der Waals surface area contributed by atoms with Gasteiger partial charge >= 0.3 is 0 Å². The number of hydrogen-bond donors (Lipinski definition) is 4. The van der Waals surface area contributed by atoms with Gasteiger partial charge in [-0.1, -0.05) is 65.0 Å². The van der Waals surface area contributed by atoms with Gasteiger partial charge in [0.15, 0.2) is 0 Å². The molecule has 2 aromatic carbocycles. The minimum absolute atomic E-state index is 0.0596. The number of halogens is 2. The van der Waals surface area contributed by atoms with Gasteiger partial charge in [0.25, 0.3) is 11.8 Å². The lowest BCUT2D eigenvalue weighted by molar-refractivity contribution is -0.142. The number of carbonyl (C=O) groups excluding carboxylic acids is 6. The summed E-state index contributed by atoms with van der Waals surface area (Å²) in [6.07, 6.45) is 4.07. The lowest BCUT2D eigenvalue weighted by Gasteiger charge is -2.41. The molecular weight excluding hydrogens is 726 g/mol. The molecule has 0 aliphatic carbocycles. The van der Waals surface area contributed by atoms with Crippen LogP contribution in [0.15, 0.2) is 72.9 Å². The number of aliphatic hydroxyl groups is 1. The number of hydrogen-bond acceptors (Lipinski definition) is 7. The molecule has 0 bridgehead atoms. The normalized spacial score (nSPS) is 14.4. The van der Waals surface area contributed by atoms with Crippen LogP contribution in [0.25, 0.3) is 11.1 Å². The van der Waals surface area contributed by atoms with E-state index >= 15 is 4.39 Å². The Morgan fingerprint density at radius 3 is 2.16 bits per heavy atom. The van der Waals surface area contributed by atoms with Crippen LogP contribution in [0.3, 0.4) is 0 Å². The Morgan fingerprint density at radius 2 is 1.55 bits per heavy atom. The van der Waals surface area contributed by atoms with Crippen molar-refractivity contribution in [3.63, 3.8) is 0 Å². The lowest BCUT2D eigenvalue weighted by atomic mass is 9.83. The van der Waals surface area contributed by atoms with E-state index in [0.29, 0.717) is 17.8 Å². The van der Waals surface area contributed by atoms with E-state index in [1.165, 1.54) is 11.8 Å². The third-order valence-electron chi connectivity index (χ3n) is 9.33. The number of imide groups is 1. The Bertz CT molecular complexity index is 1940. The smallest absolute Gasteiger partial charge is 0.254 e. The fourth-order valence-corrected chi connectivity index (χ4v) is 6.57. The molecule has 0 saturated heterocycles. The SMILES string of the molecule is CC(NC(=O)C(NC(=O)CN1C(=O)C=CC1=O)C(C)C)C(=O)NCCCN(C(=O)CO)C(c1cc(-c2cc(F)ccc2F)cn1Cc1ccccc1)C(C)(C)C. The second-order valence-corrected chi connectivity index (χ2v) is 15.2. The molecule has 3 aromatic rings. The molecule has 2 heterocycles. The van der Waals surface area contributed by atoms with Crippen molar-refractivity contribution < 1.29 is 42.7 Å². The van der Waals surface area contributed by atoms with Crippen molar-refractivity contribution >= 4 is 35.4 Å². The van der Waals surface area contributed by atoms with Gasteiger partial charge in [-0.25, -0.2) is 8.78 Å². The zero-order valence-electron chi connectivity index (χ0n) is 32.5. The van der Waals surface area contributed by atoms with Gasteiger partial charge in [0.2, 0.25) is 23.6 Å². The maximum Gasteiger partial charge on any atom is 0.254 e. The molecule has 4 rings (SSSR count). The number of rotatable bonds is 17. The molecule has 0 radical (unpaired) electrons. The second-order valence-electron chi connectivity index (χ2n) is 15.2. The van der Waals surface area contributed by atoms with Crippen LogP contribution >= 0.6 is 0 Å². The van der Waals surface area contributed by atoms with Crippen molar-refractivity contribution in [2.75, 3.05) is 26.2 Å². The number of aliphatic hydroxyl groups excluding tert-OH is 1. The van der Waals surface area contributed by atoms with Crippen molar-refractivity contribution in [1.29, 1.82) is 0 Å². The second kappa shape index (κ2) is 18.8. The molecule has 1 aromatic heterocycles. The number of aromatic nitrogens is 1. The van der Waals surface area contributed by atoms with Gasteiger partial charge in [0.05, 0.1) is 6.04 Å². The van der Waals surface area contributed by atoms with E-state index < -0.39 is 89.7 Å². The number of amides is 6. The molecule has 15 heteroatoms. The van der Waals surface area contributed by atoms with Gasteiger partial charge in [-0.15, -0.1) is 0 Å². The monoisotopic (exact) mass is 776 g/mol. The molecule has 3 unspecified atom stereocenters. The highest BCUT2D eigenvalue weighted by molar-refractivity contribution is 6.14. The number of benzene rings is 2. The molecule has 300 valence electrons. The van der Waals surface area contributed by atoms with Gasteiger partial charge in [-0.3, -0.25) is 33.7 Å². The Hall–Kier alpha value is -5.70. The predicted octanol–water partition coefficient (Wildman–Crippen LogP) is 3.47. The van der Waals surface area contributed by atoms with Crippen molar-refractivity contribution in [1.82, 2.24) is 30.3 Å². The molecule has 4 N–H and O–H groups in total. The minimum atomic E-state index is -1.07. The number of nitrogens with zero attached hydrogens (tertiary/aromatic N) is 3. The summed E-state index contributed by atoms with van der Waals surface area (Å²) in [7, 11) is 0. The summed E-state index contributed by atoms with van der Waals surface area (Å²) < 4.78 is 31.2. The summed E-state index contributed by atoms with van der Waals surface area (Å²) >= 11 is 0. The van der Waals surface area contributed by atoms with Gasteiger partial charge in [-0.2, -0.15) is 0 Å². The van der Waals surface area contributed by atoms with E-state index in [2.05, 4.69) is 16.0 Å². The van der Waals surface area contributed by atoms with Crippen molar-refractivity contribution in [3.8, 4) is 11.1 Å². The molecule has 6 amide bonds. The zero-order chi connectivity index (χ0) is 41.3. The molecule has 1 aliphatic rings. The van der Waals surface area contributed by atoms with Crippen LogP contribution in [-0.4, -0.2) is 93.2 Å². The van der Waals surface area contributed by atoms with Gasteiger partial charge in [0, 0.05) is 54.8 Å². The summed E-state index contributed by atoms with van der Waals surface area (Å²) in [5.41, 5.74) is 1.40. The van der Waals surface area contributed by atoms with E-state index in [0.717, 1.165) is 40.8 Å². The topological polar surface area (TPSA) is 170 Å². The highest BCUT2D eigenvalue weighted by atomic mass is 19.1. The summed E-state index contributed by atoms with van der Waals surface area (Å²) in [4.78, 5) is 78.2. The first kappa shape index (κ1) is 43.0. The highest BCUT2D eigenvalue weighted by Gasteiger charge is 2.37. The lowest BCUT2D eigenvalue weighted by Crippen LogP contribution is -2.56. The molecule has 3 atom stereocenters. The number of nitrogens with one attached hydrogen (secondary N) is 3.